The molecule has 6 nitrogen and oxygen atoms in total. The van der Waals surface area contributed by atoms with Crippen LogP contribution in [0.3, 0.4) is 0 Å². The van der Waals surface area contributed by atoms with Crippen molar-refractivity contribution in [3.8, 4) is 0 Å². The van der Waals surface area contributed by atoms with Crippen LogP contribution in [0, 0.1) is 17.0 Å². The Morgan fingerprint density at radius 3 is 2.64 bits per heavy atom. The van der Waals surface area contributed by atoms with E-state index < -0.39 is 10.9 Å². The second-order valence-corrected chi connectivity index (χ2v) is 5.55. The van der Waals surface area contributed by atoms with E-state index in [1.807, 2.05) is 0 Å². The van der Waals surface area contributed by atoms with Crippen molar-refractivity contribution in [3.63, 3.8) is 0 Å². The average Bonchev–Trinajstić information content (AvgIpc) is 2.59. The van der Waals surface area contributed by atoms with Crippen LogP contribution in [0.15, 0.2) is 48.5 Å². The second-order valence-electron chi connectivity index (χ2n) is 5.55. The van der Waals surface area contributed by atoms with Crippen LogP contribution in [-0.4, -0.2) is 21.0 Å². The van der Waals surface area contributed by atoms with Crippen LogP contribution in [0.2, 0.25) is 0 Å². The molecule has 0 saturated heterocycles. The summed E-state index contributed by atoms with van der Waals surface area (Å²) in [5, 5.41) is 21.0. The molecule has 124 valence electrons. The third kappa shape index (κ3) is 3.37. The van der Waals surface area contributed by atoms with Gasteiger partial charge in [0.25, 0.3) is 5.69 Å². The molecule has 1 N–H and O–H groups in total. The van der Waals surface area contributed by atoms with Crippen LogP contribution < -0.4 is 0 Å². The number of nitro groups is 1. The first-order valence-electron chi connectivity index (χ1n) is 7.52. The number of para-hydroxylation sites is 1. The molecule has 0 aliphatic heterocycles. The number of aromatic carboxylic acids is 1. The molecule has 3 aromatic rings. The molecule has 6 heteroatoms. The summed E-state index contributed by atoms with van der Waals surface area (Å²) in [4.78, 5) is 26.5. The summed E-state index contributed by atoms with van der Waals surface area (Å²) in [6.07, 6.45) is 3.32. The van der Waals surface area contributed by atoms with Crippen molar-refractivity contribution in [1.82, 2.24) is 4.98 Å². The summed E-state index contributed by atoms with van der Waals surface area (Å²) < 4.78 is 0. The molecule has 1 heterocycles. The van der Waals surface area contributed by atoms with Gasteiger partial charge in [-0.05, 0) is 30.7 Å². The van der Waals surface area contributed by atoms with E-state index in [2.05, 4.69) is 4.98 Å². The van der Waals surface area contributed by atoms with E-state index in [4.69, 9.17) is 0 Å². The van der Waals surface area contributed by atoms with Gasteiger partial charge in [0.2, 0.25) is 0 Å². The highest BCUT2D eigenvalue weighted by atomic mass is 16.6. The Kier molecular flexibility index (Phi) is 4.26. The van der Waals surface area contributed by atoms with Gasteiger partial charge in [-0.15, -0.1) is 0 Å². The lowest BCUT2D eigenvalue weighted by Crippen LogP contribution is -2.00. The predicted octanol–water partition coefficient (Wildman–Crippen LogP) is 4.32. The first kappa shape index (κ1) is 16.3. The van der Waals surface area contributed by atoms with Crippen molar-refractivity contribution >= 4 is 34.7 Å². The fourth-order valence-electron chi connectivity index (χ4n) is 2.57. The normalized spacial score (nSPS) is 11.1. The molecule has 0 spiro atoms. The van der Waals surface area contributed by atoms with Gasteiger partial charge in [0.05, 0.1) is 21.7 Å². The molecule has 0 bridgehead atoms. The number of hydrogen-bond acceptors (Lipinski definition) is 4. The standard InChI is InChI=1S/C19H14N2O4/c1-12-6-7-13(10-18(12)21(24)25)8-9-14-11-16(19(22)23)15-4-2-3-5-17(15)20-14/h2-11H,1H3,(H,22,23)/b9-8+. The average molecular weight is 334 g/mol. The van der Waals surface area contributed by atoms with Gasteiger partial charge in [0.1, 0.15) is 0 Å². The molecule has 25 heavy (non-hydrogen) atoms. The second kappa shape index (κ2) is 6.52. The lowest BCUT2D eigenvalue weighted by atomic mass is 10.1. The minimum atomic E-state index is -1.03. The third-order valence-electron chi connectivity index (χ3n) is 3.84. The highest BCUT2D eigenvalue weighted by Gasteiger charge is 2.11. The monoisotopic (exact) mass is 334 g/mol. The van der Waals surface area contributed by atoms with Gasteiger partial charge in [-0.2, -0.15) is 0 Å². The largest absolute Gasteiger partial charge is 0.478 e. The van der Waals surface area contributed by atoms with Gasteiger partial charge in [0, 0.05) is 17.0 Å². The zero-order chi connectivity index (χ0) is 18.0. The molecular formula is C19H14N2O4. The zero-order valence-corrected chi connectivity index (χ0v) is 13.3. The number of nitrogens with zero attached hydrogens (tertiary/aromatic N) is 2. The van der Waals surface area contributed by atoms with E-state index in [9.17, 15) is 20.0 Å². The Balaban J connectivity index is 2.03. The lowest BCUT2D eigenvalue weighted by molar-refractivity contribution is -0.385. The minimum Gasteiger partial charge on any atom is -0.478 e. The van der Waals surface area contributed by atoms with Gasteiger partial charge in [-0.25, -0.2) is 9.78 Å². The van der Waals surface area contributed by atoms with Crippen molar-refractivity contribution in [2.45, 2.75) is 6.92 Å². The van der Waals surface area contributed by atoms with Gasteiger partial charge >= 0.3 is 5.97 Å². The number of nitro benzene ring substituents is 1. The Bertz CT molecular complexity index is 1030. The number of aromatic nitrogens is 1. The molecule has 0 aliphatic rings. The summed E-state index contributed by atoms with van der Waals surface area (Å²) in [5.74, 6) is -1.03. The Hall–Kier alpha value is -3.54. The molecule has 0 radical (unpaired) electrons. The van der Waals surface area contributed by atoms with Crippen LogP contribution in [0.1, 0.15) is 27.2 Å². The molecule has 0 saturated carbocycles. The van der Waals surface area contributed by atoms with Crippen LogP contribution in [0.5, 0.6) is 0 Å². The van der Waals surface area contributed by atoms with Crippen molar-refractivity contribution in [2.24, 2.45) is 0 Å². The molecule has 0 unspecified atom stereocenters. The van der Waals surface area contributed by atoms with Crippen molar-refractivity contribution in [2.75, 3.05) is 0 Å². The van der Waals surface area contributed by atoms with Crippen LogP contribution in [0.4, 0.5) is 5.69 Å². The summed E-state index contributed by atoms with van der Waals surface area (Å²) in [6.45, 7) is 1.68. The predicted molar refractivity (Wildman–Crippen MR) is 95.5 cm³/mol. The van der Waals surface area contributed by atoms with Gasteiger partial charge in [-0.1, -0.05) is 36.4 Å². The van der Waals surface area contributed by atoms with Gasteiger partial charge in [-0.3, -0.25) is 10.1 Å². The number of fused-ring (bicyclic) bond motifs is 1. The SMILES string of the molecule is Cc1ccc(/C=C/c2cc(C(=O)O)c3ccccc3n2)cc1[N+](=O)[O-]. The van der Waals surface area contributed by atoms with Crippen molar-refractivity contribution < 1.29 is 14.8 Å². The number of carboxylic acids is 1. The zero-order valence-electron chi connectivity index (χ0n) is 13.3. The summed E-state index contributed by atoms with van der Waals surface area (Å²) in [6, 6.07) is 13.4. The van der Waals surface area contributed by atoms with Crippen LogP contribution >= 0.6 is 0 Å². The number of pyridine rings is 1. The number of carbonyl (C=O) groups is 1. The maximum Gasteiger partial charge on any atom is 0.336 e. The topological polar surface area (TPSA) is 93.3 Å². The lowest BCUT2D eigenvalue weighted by Gasteiger charge is -2.04. The smallest absolute Gasteiger partial charge is 0.336 e. The molecule has 3 rings (SSSR count). The van der Waals surface area contributed by atoms with Crippen LogP contribution in [-0.2, 0) is 0 Å². The molecule has 1 aromatic heterocycles. The van der Waals surface area contributed by atoms with E-state index in [0.29, 0.717) is 27.7 Å². The van der Waals surface area contributed by atoms with Gasteiger partial charge in [0.15, 0.2) is 0 Å². The highest BCUT2D eigenvalue weighted by molar-refractivity contribution is 6.03. The quantitative estimate of drug-likeness (QED) is 0.566. The van der Waals surface area contributed by atoms with Crippen molar-refractivity contribution in [3.05, 3.63) is 81.0 Å². The molecule has 0 fully saturated rings. The van der Waals surface area contributed by atoms with Gasteiger partial charge < -0.3 is 5.11 Å². The van der Waals surface area contributed by atoms with Crippen LogP contribution in [0.25, 0.3) is 23.1 Å². The van der Waals surface area contributed by atoms with E-state index in [0.717, 1.165) is 0 Å². The number of hydrogen-bond donors (Lipinski definition) is 1. The van der Waals surface area contributed by atoms with Crippen molar-refractivity contribution in [1.29, 1.82) is 0 Å². The fraction of sp³-hybridized carbons (Fsp3) is 0.0526. The van der Waals surface area contributed by atoms with E-state index in [1.54, 1.807) is 55.5 Å². The first-order chi connectivity index (χ1) is 12.0. The Morgan fingerprint density at radius 2 is 1.92 bits per heavy atom. The van der Waals surface area contributed by atoms with E-state index in [1.165, 1.54) is 12.1 Å². The number of aryl methyl sites for hydroxylation is 1. The maximum atomic E-state index is 11.5. The number of carboxylic acid groups (broad SMARTS) is 1. The highest BCUT2D eigenvalue weighted by Crippen LogP contribution is 2.22. The Morgan fingerprint density at radius 1 is 1.16 bits per heavy atom. The minimum absolute atomic E-state index is 0.0415. The molecule has 0 amide bonds. The molecule has 2 aromatic carbocycles. The number of rotatable bonds is 4. The maximum absolute atomic E-state index is 11.5. The van der Waals surface area contributed by atoms with E-state index in [-0.39, 0.29) is 11.3 Å². The third-order valence-corrected chi connectivity index (χ3v) is 3.84. The Labute approximate surface area is 143 Å². The fourth-order valence-corrected chi connectivity index (χ4v) is 2.57. The molecule has 0 atom stereocenters. The summed E-state index contributed by atoms with van der Waals surface area (Å²) in [5.41, 5.74) is 2.49. The number of benzene rings is 2. The molecular weight excluding hydrogens is 320 g/mol. The van der Waals surface area contributed by atoms with E-state index >= 15 is 0 Å². The first-order valence-corrected chi connectivity index (χ1v) is 7.52. The summed E-state index contributed by atoms with van der Waals surface area (Å²) >= 11 is 0. The molecule has 0 aliphatic carbocycles. The summed E-state index contributed by atoms with van der Waals surface area (Å²) in [7, 11) is 0.